The monoisotopic (exact) mass is 267 g/mol. The molecule has 18 heavy (non-hydrogen) atoms. The Morgan fingerprint density at radius 1 is 1.22 bits per heavy atom. The van der Waals surface area contributed by atoms with Gasteiger partial charge < -0.3 is 5.32 Å². The molecular weight excluding hydrogens is 250 g/mol. The topological polar surface area (TPSA) is 61.4 Å². The zero-order valence-electron chi connectivity index (χ0n) is 10.1. The van der Waals surface area contributed by atoms with Crippen LogP contribution in [0, 0.1) is 0 Å². The van der Waals surface area contributed by atoms with Crippen molar-refractivity contribution in [3.05, 3.63) is 23.8 Å². The van der Waals surface area contributed by atoms with E-state index in [2.05, 4.69) is 10.0 Å². The first-order chi connectivity index (χ1) is 8.65. The zero-order valence-corrected chi connectivity index (χ0v) is 11.0. The van der Waals surface area contributed by atoms with Crippen LogP contribution in [0.5, 0.6) is 0 Å². The summed E-state index contributed by atoms with van der Waals surface area (Å²) in [7, 11) is -3.37. The van der Waals surface area contributed by atoms with Gasteiger partial charge in [-0.2, -0.15) is 12.7 Å². The summed E-state index contributed by atoms with van der Waals surface area (Å²) in [5, 5.41) is 3.26. The van der Waals surface area contributed by atoms with E-state index in [1.807, 2.05) is 18.2 Å². The molecule has 2 aliphatic rings. The van der Waals surface area contributed by atoms with E-state index in [4.69, 9.17) is 0 Å². The number of benzene rings is 1. The van der Waals surface area contributed by atoms with Gasteiger partial charge in [0.1, 0.15) is 0 Å². The van der Waals surface area contributed by atoms with Crippen LogP contribution in [0.25, 0.3) is 0 Å². The predicted octanol–water partition coefficient (Wildman–Crippen LogP) is 1.41. The van der Waals surface area contributed by atoms with Crippen molar-refractivity contribution in [2.24, 2.45) is 0 Å². The highest BCUT2D eigenvalue weighted by molar-refractivity contribution is 7.90. The van der Waals surface area contributed by atoms with Crippen LogP contribution >= 0.6 is 0 Å². The molecule has 3 rings (SSSR count). The van der Waals surface area contributed by atoms with E-state index in [0.29, 0.717) is 18.8 Å². The molecule has 2 N–H and O–H groups in total. The normalized spacial score (nSPS) is 19.6. The minimum Gasteiger partial charge on any atom is -0.384 e. The van der Waals surface area contributed by atoms with E-state index in [0.717, 1.165) is 31.5 Å². The van der Waals surface area contributed by atoms with Crippen molar-refractivity contribution in [3.63, 3.8) is 0 Å². The lowest BCUT2D eigenvalue weighted by atomic mass is 10.1. The maximum atomic E-state index is 12.1. The molecule has 0 saturated carbocycles. The third-order valence-corrected chi connectivity index (χ3v) is 5.01. The van der Waals surface area contributed by atoms with Gasteiger partial charge in [-0.3, -0.25) is 4.72 Å². The van der Waals surface area contributed by atoms with Crippen LogP contribution in [0.1, 0.15) is 18.4 Å². The fourth-order valence-corrected chi connectivity index (χ4v) is 3.80. The van der Waals surface area contributed by atoms with Gasteiger partial charge in [0.2, 0.25) is 0 Å². The third kappa shape index (κ3) is 2.18. The summed E-state index contributed by atoms with van der Waals surface area (Å²) in [5.74, 6) is 0. The molecule has 1 aromatic carbocycles. The van der Waals surface area contributed by atoms with Gasteiger partial charge in [-0.05, 0) is 43.0 Å². The zero-order chi connectivity index (χ0) is 12.6. The van der Waals surface area contributed by atoms with Gasteiger partial charge in [0.25, 0.3) is 0 Å². The number of hydrogen-bond acceptors (Lipinski definition) is 3. The summed E-state index contributed by atoms with van der Waals surface area (Å²) in [6, 6.07) is 5.66. The fourth-order valence-electron chi connectivity index (χ4n) is 2.51. The molecule has 2 heterocycles. The van der Waals surface area contributed by atoms with Gasteiger partial charge in [0, 0.05) is 25.3 Å². The van der Waals surface area contributed by atoms with Gasteiger partial charge in [-0.1, -0.05) is 0 Å². The van der Waals surface area contributed by atoms with Crippen LogP contribution in [0.3, 0.4) is 0 Å². The van der Waals surface area contributed by atoms with Crippen molar-refractivity contribution in [2.75, 3.05) is 29.7 Å². The van der Waals surface area contributed by atoms with Crippen LogP contribution in [0.4, 0.5) is 11.4 Å². The Balaban J connectivity index is 1.80. The molecule has 6 heteroatoms. The molecule has 0 radical (unpaired) electrons. The highest BCUT2D eigenvalue weighted by Gasteiger charge is 2.25. The molecule has 1 fully saturated rings. The van der Waals surface area contributed by atoms with Crippen molar-refractivity contribution in [2.45, 2.75) is 19.3 Å². The summed E-state index contributed by atoms with van der Waals surface area (Å²) in [4.78, 5) is 0. The predicted molar refractivity (Wildman–Crippen MR) is 72.0 cm³/mol. The number of hydrogen-bond donors (Lipinski definition) is 2. The first-order valence-electron chi connectivity index (χ1n) is 6.30. The van der Waals surface area contributed by atoms with Crippen molar-refractivity contribution in [1.82, 2.24) is 4.31 Å². The van der Waals surface area contributed by atoms with Crippen molar-refractivity contribution < 1.29 is 8.42 Å². The Kier molecular flexibility index (Phi) is 2.91. The molecule has 1 aromatic rings. The molecular formula is C12H17N3O2S. The van der Waals surface area contributed by atoms with Crippen LogP contribution in [-0.2, 0) is 16.6 Å². The quantitative estimate of drug-likeness (QED) is 0.870. The summed E-state index contributed by atoms with van der Waals surface area (Å²) < 4.78 is 28.4. The first-order valence-corrected chi connectivity index (χ1v) is 7.74. The minimum atomic E-state index is -3.37. The van der Waals surface area contributed by atoms with E-state index >= 15 is 0 Å². The average molecular weight is 267 g/mol. The summed E-state index contributed by atoms with van der Waals surface area (Å²) >= 11 is 0. The van der Waals surface area contributed by atoms with Crippen LogP contribution < -0.4 is 10.0 Å². The highest BCUT2D eigenvalue weighted by Crippen LogP contribution is 2.26. The maximum Gasteiger partial charge on any atom is 0.301 e. The lowest BCUT2D eigenvalue weighted by Gasteiger charge is -2.17. The third-order valence-electron chi connectivity index (χ3n) is 3.47. The second kappa shape index (κ2) is 4.44. The maximum absolute atomic E-state index is 12.1. The number of nitrogens with zero attached hydrogens (tertiary/aromatic N) is 1. The molecule has 5 nitrogen and oxygen atoms in total. The highest BCUT2D eigenvalue weighted by atomic mass is 32.2. The Bertz CT molecular complexity index is 550. The first kappa shape index (κ1) is 11.8. The largest absolute Gasteiger partial charge is 0.384 e. The number of rotatable bonds is 3. The van der Waals surface area contributed by atoms with Gasteiger partial charge in [-0.15, -0.1) is 0 Å². The van der Waals surface area contributed by atoms with Crippen molar-refractivity contribution in [3.8, 4) is 0 Å². The van der Waals surface area contributed by atoms with Crippen LogP contribution in [0.2, 0.25) is 0 Å². The van der Waals surface area contributed by atoms with Gasteiger partial charge in [0.05, 0.1) is 5.69 Å². The molecule has 0 aromatic heterocycles. The van der Waals surface area contributed by atoms with Crippen LogP contribution in [-0.4, -0.2) is 32.4 Å². The van der Waals surface area contributed by atoms with E-state index in [1.165, 1.54) is 9.87 Å². The van der Waals surface area contributed by atoms with E-state index in [-0.39, 0.29) is 0 Å². The Labute approximate surface area is 107 Å². The molecule has 2 aliphatic heterocycles. The Hall–Kier alpha value is -1.27. The van der Waals surface area contributed by atoms with Crippen molar-refractivity contribution in [1.29, 1.82) is 0 Å². The fraction of sp³-hybridized carbons (Fsp3) is 0.500. The minimum absolute atomic E-state index is 0.627. The Morgan fingerprint density at radius 2 is 2.00 bits per heavy atom. The van der Waals surface area contributed by atoms with Crippen molar-refractivity contribution >= 4 is 21.6 Å². The smallest absolute Gasteiger partial charge is 0.301 e. The number of fused-ring (bicyclic) bond motifs is 1. The molecule has 98 valence electrons. The lowest BCUT2D eigenvalue weighted by molar-refractivity contribution is 0.482. The van der Waals surface area contributed by atoms with E-state index in [1.54, 1.807) is 0 Å². The molecule has 1 saturated heterocycles. The molecule has 0 aliphatic carbocycles. The van der Waals surface area contributed by atoms with E-state index in [9.17, 15) is 8.42 Å². The van der Waals surface area contributed by atoms with Crippen LogP contribution in [0.15, 0.2) is 18.2 Å². The van der Waals surface area contributed by atoms with Gasteiger partial charge >= 0.3 is 10.2 Å². The Morgan fingerprint density at radius 3 is 2.78 bits per heavy atom. The molecule has 0 spiro atoms. The molecule has 0 unspecified atom stereocenters. The second-order valence-electron chi connectivity index (χ2n) is 4.76. The van der Waals surface area contributed by atoms with Gasteiger partial charge in [-0.25, -0.2) is 0 Å². The van der Waals surface area contributed by atoms with E-state index < -0.39 is 10.2 Å². The second-order valence-corrected chi connectivity index (χ2v) is 6.43. The summed E-state index contributed by atoms with van der Waals surface area (Å²) in [5.41, 5.74) is 2.94. The molecule has 0 bridgehead atoms. The summed E-state index contributed by atoms with van der Waals surface area (Å²) in [6.07, 6.45) is 2.86. The molecule has 0 amide bonds. The average Bonchev–Trinajstić information content (AvgIpc) is 2.99. The standard InChI is InChI=1S/C12H17N3O2S/c16-18(17,15-7-1-2-8-15)14-11-3-4-12-10(9-11)5-6-13-12/h3-4,9,13-14H,1-2,5-8H2. The SMILES string of the molecule is O=S(=O)(Nc1ccc2c(c1)CCN2)N1CCCC1. The number of nitrogens with one attached hydrogen (secondary N) is 2. The molecule has 0 atom stereocenters. The number of anilines is 2. The summed E-state index contributed by atoms with van der Waals surface area (Å²) in [6.45, 7) is 2.18. The lowest BCUT2D eigenvalue weighted by Crippen LogP contribution is -2.33. The van der Waals surface area contributed by atoms with Gasteiger partial charge in [0.15, 0.2) is 0 Å².